The number of benzene rings is 2. The first-order valence-electron chi connectivity index (χ1n) is 9.37. The van der Waals surface area contributed by atoms with Gasteiger partial charge in [0.25, 0.3) is 0 Å². The van der Waals surface area contributed by atoms with Crippen molar-refractivity contribution in [2.45, 2.75) is 30.7 Å². The molecular weight excluding hydrogens is 422 g/mol. The maximum Gasteiger partial charge on any atom is 0.237 e. The summed E-state index contributed by atoms with van der Waals surface area (Å²) in [5.41, 5.74) is 1.78. The summed E-state index contributed by atoms with van der Waals surface area (Å²) in [5.74, 6) is 3.26. The zero-order valence-corrected chi connectivity index (χ0v) is 18.3. The molecular formula is C21H20ClN5O2S. The lowest BCUT2D eigenvalue weighted by atomic mass is 10.2. The Kier molecular flexibility index (Phi) is 6.06. The average Bonchev–Trinajstić information content (AvgIpc) is 3.40. The zero-order valence-electron chi connectivity index (χ0n) is 16.7. The summed E-state index contributed by atoms with van der Waals surface area (Å²) in [5, 5.41) is 14.1. The van der Waals surface area contributed by atoms with Gasteiger partial charge in [-0.1, -0.05) is 72.7 Å². The second-order valence-electron chi connectivity index (χ2n) is 6.82. The van der Waals surface area contributed by atoms with Crippen LogP contribution in [-0.2, 0) is 5.75 Å². The zero-order chi connectivity index (χ0) is 21.1. The number of aromatic nitrogens is 5. The van der Waals surface area contributed by atoms with Gasteiger partial charge in [-0.3, -0.25) is 4.57 Å². The van der Waals surface area contributed by atoms with Crippen molar-refractivity contribution in [2.75, 3.05) is 7.11 Å². The Hall–Kier alpha value is -2.84. The number of methoxy groups -OCH3 is 1. The van der Waals surface area contributed by atoms with E-state index in [1.807, 2.05) is 66.9 Å². The van der Waals surface area contributed by atoms with Crippen molar-refractivity contribution in [3.05, 3.63) is 65.3 Å². The molecule has 0 saturated carbocycles. The molecule has 0 atom stereocenters. The van der Waals surface area contributed by atoms with Crippen LogP contribution < -0.4 is 4.74 Å². The highest BCUT2D eigenvalue weighted by molar-refractivity contribution is 7.98. The molecule has 0 bridgehead atoms. The Bertz CT molecular complexity index is 1140. The number of rotatable bonds is 7. The van der Waals surface area contributed by atoms with E-state index in [1.165, 1.54) is 11.8 Å². The summed E-state index contributed by atoms with van der Waals surface area (Å²) in [7, 11) is 1.59. The molecule has 0 N–H and O–H groups in total. The summed E-state index contributed by atoms with van der Waals surface area (Å²) >= 11 is 7.85. The molecule has 0 saturated heterocycles. The van der Waals surface area contributed by atoms with Gasteiger partial charge in [0, 0.05) is 11.5 Å². The number of nitrogens with zero attached hydrogens (tertiary/aromatic N) is 5. The Balaban J connectivity index is 1.71. The largest absolute Gasteiger partial charge is 0.495 e. The van der Waals surface area contributed by atoms with Crippen LogP contribution in [0, 0.1) is 0 Å². The van der Waals surface area contributed by atoms with Crippen LogP contribution in [0.1, 0.15) is 31.5 Å². The van der Waals surface area contributed by atoms with Crippen LogP contribution in [0.2, 0.25) is 5.02 Å². The van der Waals surface area contributed by atoms with Crippen molar-refractivity contribution >= 4 is 23.4 Å². The first-order valence-corrected chi connectivity index (χ1v) is 10.7. The van der Waals surface area contributed by atoms with Crippen molar-refractivity contribution in [2.24, 2.45) is 0 Å². The summed E-state index contributed by atoms with van der Waals surface area (Å²) in [6.45, 7) is 4.05. The van der Waals surface area contributed by atoms with E-state index in [1.54, 1.807) is 7.11 Å². The van der Waals surface area contributed by atoms with Gasteiger partial charge in [0.05, 0.1) is 23.6 Å². The molecule has 2 aromatic heterocycles. The van der Waals surface area contributed by atoms with Crippen molar-refractivity contribution in [3.63, 3.8) is 0 Å². The van der Waals surface area contributed by atoms with E-state index in [9.17, 15) is 0 Å². The molecule has 7 nitrogen and oxygen atoms in total. The third-order valence-electron chi connectivity index (χ3n) is 4.38. The maximum atomic E-state index is 6.38. The molecule has 0 amide bonds. The minimum absolute atomic E-state index is 0.210. The molecule has 0 unspecified atom stereocenters. The van der Waals surface area contributed by atoms with E-state index in [-0.39, 0.29) is 5.92 Å². The van der Waals surface area contributed by atoms with Gasteiger partial charge in [-0.05, 0) is 18.2 Å². The van der Waals surface area contributed by atoms with Gasteiger partial charge >= 0.3 is 0 Å². The van der Waals surface area contributed by atoms with Crippen LogP contribution in [0.25, 0.3) is 17.1 Å². The Morgan fingerprint density at radius 1 is 1.13 bits per heavy atom. The first-order chi connectivity index (χ1) is 14.6. The highest BCUT2D eigenvalue weighted by atomic mass is 35.5. The standard InChI is InChI=1S/C21H20ClN5O2S/c1-13(2)19-23-18(29-26-19)12-30-21-25-24-20(14-7-5-4-6-8-14)27(21)15-9-10-17(28-3)16(22)11-15/h4-11,13H,12H2,1-3H3. The number of halogens is 1. The van der Waals surface area contributed by atoms with Gasteiger partial charge in [-0.15, -0.1) is 10.2 Å². The van der Waals surface area contributed by atoms with E-state index in [4.69, 9.17) is 20.9 Å². The third kappa shape index (κ3) is 4.20. The van der Waals surface area contributed by atoms with E-state index in [0.29, 0.717) is 39.2 Å². The fraction of sp³-hybridized carbons (Fsp3) is 0.238. The van der Waals surface area contributed by atoms with Crippen molar-refractivity contribution in [1.82, 2.24) is 24.9 Å². The quantitative estimate of drug-likeness (QED) is 0.355. The number of thioether (sulfide) groups is 1. The molecule has 30 heavy (non-hydrogen) atoms. The molecule has 154 valence electrons. The topological polar surface area (TPSA) is 78.9 Å². The molecule has 0 aliphatic heterocycles. The van der Waals surface area contributed by atoms with E-state index in [0.717, 1.165) is 11.3 Å². The second-order valence-corrected chi connectivity index (χ2v) is 8.17. The molecule has 0 fully saturated rings. The highest BCUT2D eigenvalue weighted by Crippen LogP contribution is 2.33. The molecule has 2 heterocycles. The van der Waals surface area contributed by atoms with E-state index < -0.39 is 0 Å². The fourth-order valence-corrected chi connectivity index (χ4v) is 3.89. The molecule has 0 spiro atoms. The number of hydrogen-bond acceptors (Lipinski definition) is 7. The first kappa shape index (κ1) is 20.4. The third-order valence-corrected chi connectivity index (χ3v) is 5.59. The van der Waals surface area contributed by atoms with Gasteiger partial charge in [0.2, 0.25) is 5.89 Å². The fourth-order valence-electron chi connectivity index (χ4n) is 2.85. The predicted octanol–water partition coefficient (Wildman–Crippen LogP) is 5.40. The Labute approximate surface area is 183 Å². The van der Waals surface area contributed by atoms with Crippen LogP contribution in [0.3, 0.4) is 0 Å². The lowest BCUT2D eigenvalue weighted by molar-refractivity contribution is 0.382. The van der Waals surface area contributed by atoms with Gasteiger partial charge in [-0.2, -0.15) is 4.98 Å². The highest BCUT2D eigenvalue weighted by Gasteiger charge is 2.19. The molecule has 2 aromatic carbocycles. The Morgan fingerprint density at radius 2 is 1.93 bits per heavy atom. The number of ether oxygens (including phenoxy) is 1. The van der Waals surface area contributed by atoms with E-state index >= 15 is 0 Å². The van der Waals surface area contributed by atoms with Crippen LogP contribution in [0.15, 0.2) is 58.2 Å². The van der Waals surface area contributed by atoms with Crippen LogP contribution >= 0.6 is 23.4 Å². The minimum atomic E-state index is 0.210. The van der Waals surface area contributed by atoms with Gasteiger partial charge in [0.1, 0.15) is 5.75 Å². The van der Waals surface area contributed by atoms with Crippen molar-refractivity contribution in [1.29, 1.82) is 0 Å². The van der Waals surface area contributed by atoms with Crippen molar-refractivity contribution < 1.29 is 9.26 Å². The Morgan fingerprint density at radius 3 is 2.60 bits per heavy atom. The van der Waals surface area contributed by atoms with Crippen LogP contribution in [0.4, 0.5) is 0 Å². The van der Waals surface area contributed by atoms with Crippen LogP contribution in [-0.4, -0.2) is 32.0 Å². The van der Waals surface area contributed by atoms with Gasteiger partial charge in [-0.25, -0.2) is 0 Å². The lowest BCUT2D eigenvalue weighted by Gasteiger charge is -2.12. The maximum absolute atomic E-state index is 6.38. The molecule has 0 radical (unpaired) electrons. The smallest absolute Gasteiger partial charge is 0.237 e. The minimum Gasteiger partial charge on any atom is -0.495 e. The SMILES string of the molecule is COc1ccc(-n2c(SCc3nc(C(C)C)no3)nnc2-c2ccccc2)cc1Cl. The summed E-state index contributed by atoms with van der Waals surface area (Å²) < 4.78 is 12.6. The van der Waals surface area contributed by atoms with Gasteiger partial charge in [0.15, 0.2) is 16.8 Å². The normalized spacial score (nSPS) is 11.2. The second kappa shape index (κ2) is 8.89. The predicted molar refractivity (Wildman–Crippen MR) is 116 cm³/mol. The number of hydrogen-bond donors (Lipinski definition) is 0. The lowest BCUT2D eigenvalue weighted by Crippen LogP contribution is -2.00. The molecule has 9 heteroatoms. The molecule has 4 rings (SSSR count). The van der Waals surface area contributed by atoms with Gasteiger partial charge < -0.3 is 9.26 Å². The summed E-state index contributed by atoms with van der Waals surface area (Å²) in [6.07, 6.45) is 0. The molecule has 0 aliphatic rings. The average molecular weight is 442 g/mol. The monoisotopic (exact) mass is 441 g/mol. The summed E-state index contributed by atoms with van der Waals surface area (Å²) in [6, 6.07) is 15.5. The van der Waals surface area contributed by atoms with Crippen molar-refractivity contribution in [3.8, 4) is 22.8 Å². The van der Waals surface area contributed by atoms with E-state index in [2.05, 4.69) is 20.3 Å². The summed E-state index contributed by atoms with van der Waals surface area (Å²) in [4.78, 5) is 4.44. The van der Waals surface area contributed by atoms with Crippen LogP contribution in [0.5, 0.6) is 5.75 Å². The molecule has 0 aliphatic carbocycles. The molecule has 4 aromatic rings.